The van der Waals surface area contributed by atoms with Crippen molar-refractivity contribution in [3.63, 3.8) is 0 Å². The molecule has 1 aromatic carbocycles. The molecule has 0 amide bonds. The predicted molar refractivity (Wildman–Crippen MR) is 70.0 cm³/mol. The molecule has 0 aliphatic carbocycles. The largest absolute Gasteiger partial charge is 0.497 e. The van der Waals surface area contributed by atoms with E-state index in [1.54, 1.807) is 25.3 Å². The highest BCUT2D eigenvalue weighted by atomic mass is 16.5. The van der Waals surface area contributed by atoms with Crippen molar-refractivity contribution in [1.82, 2.24) is 0 Å². The van der Waals surface area contributed by atoms with Gasteiger partial charge in [-0.05, 0) is 31.0 Å². The van der Waals surface area contributed by atoms with E-state index >= 15 is 0 Å². The summed E-state index contributed by atoms with van der Waals surface area (Å²) in [5, 5.41) is 20.8. The lowest BCUT2D eigenvalue weighted by molar-refractivity contribution is -0.0828. The van der Waals surface area contributed by atoms with Crippen molar-refractivity contribution in [3.05, 3.63) is 23.8 Å². The van der Waals surface area contributed by atoms with Crippen LogP contribution in [0.2, 0.25) is 0 Å². The van der Waals surface area contributed by atoms with E-state index in [1.165, 1.54) is 7.11 Å². The highest BCUT2D eigenvalue weighted by Crippen LogP contribution is 2.38. The molecule has 0 spiro atoms. The van der Waals surface area contributed by atoms with Crippen LogP contribution >= 0.6 is 0 Å². The van der Waals surface area contributed by atoms with Crippen LogP contribution in [-0.4, -0.2) is 30.0 Å². The second-order valence-corrected chi connectivity index (χ2v) is 4.32. The van der Waals surface area contributed by atoms with Crippen LogP contribution in [0.25, 0.3) is 0 Å². The maximum atomic E-state index is 10.4. The van der Waals surface area contributed by atoms with Crippen LogP contribution < -0.4 is 9.47 Å². The first-order valence-corrected chi connectivity index (χ1v) is 6.14. The third-order valence-electron chi connectivity index (χ3n) is 3.46. The number of aliphatic hydroxyl groups excluding tert-OH is 1. The van der Waals surface area contributed by atoms with Crippen molar-refractivity contribution in [2.24, 2.45) is 0 Å². The summed E-state index contributed by atoms with van der Waals surface area (Å²) in [7, 11) is 3.10. The number of hydrogen-bond donors (Lipinski definition) is 2. The van der Waals surface area contributed by atoms with Gasteiger partial charge in [-0.3, -0.25) is 0 Å². The van der Waals surface area contributed by atoms with Crippen molar-refractivity contribution in [3.8, 4) is 11.5 Å². The van der Waals surface area contributed by atoms with Gasteiger partial charge >= 0.3 is 0 Å². The number of benzene rings is 1. The van der Waals surface area contributed by atoms with E-state index in [0.29, 0.717) is 29.9 Å². The van der Waals surface area contributed by atoms with E-state index in [9.17, 15) is 10.2 Å². The third-order valence-corrected chi connectivity index (χ3v) is 3.46. The first kappa shape index (κ1) is 14.8. The lowest BCUT2D eigenvalue weighted by atomic mass is 9.86. The topological polar surface area (TPSA) is 58.9 Å². The molecule has 1 aromatic rings. The highest BCUT2D eigenvalue weighted by Gasteiger charge is 2.35. The molecule has 1 atom stereocenters. The average Bonchev–Trinajstić information content (AvgIpc) is 2.44. The zero-order chi connectivity index (χ0) is 13.8. The van der Waals surface area contributed by atoms with E-state index in [2.05, 4.69) is 0 Å². The quantitative estimate of drug-likeness (QED) is 0.817. The minimum atomic E-state index is -1.15. The summed E-state index contributed by atoms with van der Waals surface area (Å²) in [6.07, 6.45) is -0.0756. The number of methoxy groups -OCH3 is 2. The molecule has 0 bridgehead atoms. The van der Waals surface area contributed by atoms with Crippen molar-refractivity contribution in [2.75, 3.05) is 14.2 Å². The van der Waals surface area contributed by atoms with Crippen LogP contribution in [0.15, 0.2) is 18.2 Å². The maximum Gasteiger partial charge on any atom is 0.125 e. The molecule has 18 heavy (non-hydrogen) atoms. The van der Waals surface area contributed by atoms with E-state index in [4.69, 9.17) is 9.47 Å². The van der Waals surface area contributed by atoms with Gasteiger partial charge in [0.1, 0.15) is 17.6 Å². The van der Waals surface area contributed by atoms with Gasteiger partial charge in [0, 0.05) is 5.56 Å². The standard InChI is InChI=1S/C14H22O4/c1-5-14(16,6-2)13(15)11-9-10(17-3)7-8-12(11)18-4/h7-9,13,15-16H,5-6H2,1-4H3. The number of hydrogen-bond acceptors (Lipinski definition) is 4. The number of rotatable bonds is 6. The molecular formula is C14H22O4. The van der Waals surface area contributed by atoms with Gasteiger partial charge in [-0.15, -0.1) is 0 Å². The zero-order valence-corrected chi connectivity index (χ0v) is 11.4. The SMILES string of the molecule is CCC(O)(CC)C(O)c1cc(OC)ccc1OC. The van der Waals surface area contributed by atoms with Crippen LogP contribution in [-0.2, 0) is 0 Å². The number of aliphatic hydroxyl groups is 2. The van der Waals surface area contributed by atoms with Crippen molar-refractivity contribution in [1.29, 1.82) is 0 Å². The van der Waals surface area contributed by atoms with Crippen LogP contribution in [0.1, 0.15) is 38.4 Å². The van der Waals surface area contributed by atoms with Crippen LogP contribution in [0, 0.1) is 0 Å². The van der Waals surface area contributed by atoms with Gasteiger partial charge in [0.25, 0.3) is 0 Å². The Hall–Kier alpha value is -1.26. The van der Waals surface area contributed by atoms with Crippen LogP contribution in [0.3, 0.4) is 0 Å². The molecule has 0 saturated heterocycles. The second-order valence-electron chi connectivity index (χ2n) is 4.32. The highest BCUT2D eigenvalue weighted by molar-refractivity contribution is 5.42. The van der Waals surface area contributed by atoms with Crippen molar-refractivity contribution >= 4 is 0 Å². The Bertz CT molecular complexity index is 385. The lowest BCUT2D eigenvalue weighted by Gasteiger charge is -2.32. The smallest absolute Gasteiger partial charge is 0.125 e. The Labute approximate surface area is 108 Å². The summed E-state index contributed by atoms with van der Waals surface area (Å²) in [5.74, 6) is 1.17. The van der Waals surface area contributed by atoms with Crippen LogP contribution in [0.5, 0.6) is 11.5 Å². The lowest BCUT2D eigenvalue weighted by Crippen LogP contribution is -2.35. The second kappa shape index (κ2) is 6.07. The molecule has 1 unspecified atom stereocenters. The average molecular weight is 254 g/mol. The summed E-state index contributed by atoms with van der Waals surface area (Å²) in [6, 6.07) is 5.18. The molecule has 1 rings (SSSR count). The molecule has 4 heteroatoms. The first-order chi connectivity index (χ1) is 8.52. The van der Waals surface area contributed by atoms with Gasteiger partial charge in [-0.1, -0.05) is 13.8 Å². The summed E-state index contributed by atoms with van der Waals surface area (Å²) < 4.78 is 10.4. The fourth-order valence-electron chi connectivity index (χ4n) is 1.98. The molecule has 0 aliphatic heterocycles. The molecule has 0 saturated carbocycles. The molecule has 0 radical (unpaired) electrons. The molecule has 0 heterocycles. The molecule has 0 aliphatic rings. The normalized spacial score (nSPS) is 13.2. The summed E-state index contributed by atoms with van der Waals surface area (Å²) in [5.41, 5.74) is -0.609. The minimum absolute atomic E-state index is 0.463. The minimum Gasteiger partial charge on any atom is -0.497 e. The fraction of sp³-hybridized carbons (Fsp3) is 0.571. The van der Waals surface area contributed by atoms with E-state index in [0.717, 1.165) is 0 Å². The Balaban J connectivity index is 3.21. The predicted octanol–water partition coefficient (Wildman–Crippen LogP) is 2.29. The van der Waals surface area contributed by atoms with Gasteiger partial charge in [0.15, 0.2) is 0 Å². The van der Waals surface area contributed by atoms with Gasteiger partial charge in [-0.25, -0.2) is 0 Å². The Morgan fingerprint density at radius 3 is 2.22 bits per heavy atom. The van der Waals surface area contributed by atoms with E-state index in [1.807, 2.05) is 13.8 Å². The molecule has 2 N–H and O–H groups in total. The summed E-state index contributed by atoms with van der Waals surface area (Å²) in [6.45, 7) is 3.69. The van der Waals surface area contributed by atoms with Gasteiger partial charge in [-0.2, -0.15) is 0 Å². The third kappa shape index (κ3) is 2.76. The Morgan fingerprint density at radius 2 is 1.78 bits per heavy atom. The van der Waals surface area contributed by atoms with Gasteiger partial charge in [0.05, 0.1) is 19.8 Å². The van der Waals surface area contributed by atoms with Gasteiger partial charge < -0.3 is 19.7 Å². The molecule has 0 fully saturated rings. The molecule has 0 aromatic heterocycles. The first-order valence-electron chi connectivity index (χ1n) is 6.14. The monoisotopic (exact) mass is 254 g/mol. The van der Waals surface area contributed by atoms with Crippen LogP contribution in [0.4, 0.5) is 0 Å². The Morgan fingerprint density at radius 1 is 1.17 bits per heavy atom. The molecule has 102 valence electrons. The number of ether oxygens (including phenoxy) is 2. The van der Waals surface area contributed by atoms with Crippen molar-refractivity contribution in [2.45, 2.75) is 38.4 Å². The molecule has 4 nitrogen and oxygen atoms in total. The molecular weight excluding hydrogens is 232 g/mol. The van der Waals surface area contributed by atoms with E-state index in [-0.39, 0.29) is 0 Å². The zero-order valence-electron chi connectivity index (χ0n) is 11.4. The maximum absolute atomic E-state index is 10.4. The van der Waals surface area contributed by atoms with Crippen molar-refractivity contribution < 1.29 is 19.7 Å². The fourth-order valence-corrected chi connectivity index (χ4v) is 1.98. The Kier molecular flexibility index (Phi) is 4.99. The summed E-state index contributed by atoms with van der Waals surface area (Å²) >= 11 is 0. The van der Waals surface area contributed by atoms with E-state index < -0.39 is 11.7 Å². The van der Waals surface area contributed by atoms with Gasteiger partial charge in [0.2, 0.25) is 0 Å². The summed E-state index contributed by atoms with van der Waals surface area (Å²) in [4.78, 5) is 0.